The van der Waals surface area contributed by atoms with Gasteiger partial charge in [0.05, 0.1) is 11.5 Å². The van der Waals surface area contributed by atoms with Crippen LogP contribution in [0.3, 0.4) is 0 Å². The van der Waals surface area contributed by atoms with Gasteiger partial charge in [-0.1, -0.05) is 4.49 Å². The van der Waals surface area contributed by atoms with E-state index in [1.807, 2.05) is 0 Å². The molecule has 2 heterocycles. The summed E-state index contributed by atoms with van der Waals surface area (Å²) in [4.78, 5) is 2.07. The average Bonchev–Trinajstić information content (AvgIpc) is 2.65. The second-order valence-electron chi connectivity index (χ2n) is 3.97. The second-order valence-corrected chi connectivity index (χ2v) is 7.03. The maximum absolute atomic E-state index is 11.5. The quantitative estimate of drug-likeness (QED) is 0.564. The van der Waals surface area contributed by atoms with E-state index >= 15 is 0 Å². The number of rotatable bonds is 3. The molecule has 7 nitrogen and oxygen atoms in total. The van der Waals surface area contributed by atoms with E-state index in [0.717, 1.165) is 17.2 Å². The maximum Gasteiger partial charge on any atom is 0.151 e. The second kappa shape index (κ2) is 5.25. The number of nitrogens with zero attached hydrogens (tertiary/aromatic N) is 3. The van der Waals surface area contributed by atoms with E-state index in [4.69, 9.17) is 5.84 Å². The summed E-state index contributed by atoms with van der Waals surface area (Å²) in [5, 5.41) is 4.72. The monoisotopic (exact) mass is 277 g/mol. The fraction of sp³-hybridized carbons (Fsp3) is 0.750. The molecule has 0 saturated carbocycles. The molecule has 3 N–H and O–H groups in total. The van der Waals surface area contributed by atoms with Crippen LogP contribution in [0.25, 0.3) is 0 Å². The van der Waals surface area contributed by atoms with Crippen molar-refractivity contribution in [3.63, 3.8) is 0 Å². The van der Waals surface area contributed by atoms with E-state index < -0.39 is 9.84 Å². The van der Waals surface area contributed by atoms with Gasteiger partial charge in [0.1, 0.15) is 10.7 Å². The smallest absolute Gasteiger partial charge is 0.151 e. The summed E-state index contributed by atoms with van der Waals surface area (Å²) < 4.78 is 26.7. The molecule has 1 aliphatic rings. The fourth-order valence-electron chi connectivity index (χ4n) is 1.78. The molecule has 0 unspecified atom stereocenters. The number of nitrogen functional groups attached to an aromatic ring is 1. The highest BCUT2D eigenvalue weighted by molar-refractivity contribution is 7.91. The topological polar surface area (TPSA) is 101 Å². The number of hydrogen-bond donors (Lipinski definition) is 2. The van der Waals surface area contributed by atoms with E-state index in [2.05, 4.69) is 19.9 Å². The Hall–Kier alpha value is -0.770. The first kappa shape index (κ1) is 12.7. The standard InChI is InChI=1S/C8H15N5O2S2/c9-10-8-7(11-12-16-8)6-13-2-1-4-17(14,15)5-3-13/h10H,1-6,9H2. The van der Waals surface area contributed by atoms with Crippen LogP contribution in [-0.4, -0.2) is 47.5 Å². The molecule has 0 radical (unpaired) electrons. The molecular weight excluding hydrogens is 262 g/mol. The third kappa shape index (κ3) is 3.35. The van der Waals surface area contributed by atoms with Gasteiger partial charge in [-0.15, -0.1) is 5.10 Å². The minimum absolute atomic E-state index is 0.218. The van der Waals surface area contributed by atoms with Gasteiger partial charge in [0.15, 0.2) is 9.84 Å². The van der Waals surface area contributed by atoms with Crippen molar-refractivity contribution in [2.45, 2.75) is 13.0 Å². The summed E-state index contributed by atoms with van der Waals surface area (Å²) in [6.45, 7) is 1.90. The summed E-state index contributed by atoms with van der Waals surface area (Å²) in [7, 11) is -2.86. The molecule has 2 rings (SSSR count). The van der Waals surface area contributed by atoms with Crippen LogP contribution in [0, 0.1) is 0 Å². The lowest BCUT2D eigenvalue weighted by Gasteiger charge is -2.17. The highest BCUT2D eigenvalue weighted by Crippen LogP contribution is 2.18. The normalized spacial score (nSPS) is 21.0. The van der Waals surface area contributed by atoms with Crippen LogP contribution in [0.15, 0.2) is 0 Å². The fourth-order valence-corrected chi connectivity index (χ4v) is 3.58. The molecule has 0 amide bonds. The van der Waals surface area contributed by atoms with Crippen molar-refractivity contribution >= 4 is 26.4 Å². The van der Waals surface area contributed by atoms with Gasteiger partial charge >= 0.3 is 0 Å². The largest absolute Gasteiger partial charge is 0.313 e. The van der Waals surface area contributed by atoms with Crippen molar-refractivity contribution < 1.29 is 8.42 Å². The Morgan fingerprint density at radius 3 is 3.00 bits per heavy atom. The molecule has 17 heavy (non-hydrogen) atoms. The van der Waals surface area contributed by atoms with Gasteiger partial charge in [0.2, 0.25) is 0 Å². The van der Waals surface area contributed by atoms with Gasteiger partial charge in [0, 0.05) is 24.6 Å². The van der Waals surface area contributed by atoms with Gasteiger partial charge in [-0.25, -0.2) is 14.3 Å². The number of sulfone groups is 1. The predicted molar refractivity (Wildman–Crippen MR) is 66.3 cm³/mol. The van der Waals surface area contributed by atoms with Gasteiger partial charge in [-0.2, -0.15) is 0 Å². The molecule has 1 aromatic rings. The molecule has 96 valence electrons. The first-order valence-corrected chi connectivity index (χ1v) is 7.91. The van der Waals surface area contributed by atoms with Crippen molar-refractivity contribution in [1.29, 1.82) is 0 Å². The van der Waals surface area contributed by atoms with Crippen LogP contribution in [0.2, 0.25) is 0 Å². The number of nitrogens with two attached hydrogens (primary N) is 1. The van der Waals surface area contributed by atoms with Crippen LogP contribution in [0.4, 0.5) is 5.00 Å². The SMILES string of the molecule is NNc1snnc1CN1CCCS(=O)(=O)CC1. The van der Waals surface area contributed by atoms with Crippen LogP contribution in [0.1, 0.15) is 12.1 Å². The first-order valence-electron chi connectivity index (χ1n) is 5.31. The van der Waals surface area contributed by atoms with Gasteiger partial charge in [0.25, 0.3) is 0 Å². The highest BCUT2D eigenvalue weighted by Gasteiger charge is 2.20. The first-order chi connectivity index (χ1) is 8.11. The molecule has 0 spiro atoms. The summed E-state index contributed by atoms with van der Waals surface area (Å²) in [5.41, 5.74) is 3.32. The Balaban J connectivity index is 2.00. The zero-order valence-corrected chi connectivity index (χ0v) is 10.9. The molecule has 0 aromatic carbocycles. The Morgan fingerprint density at radius 1 is 1.41 bits per heavy atom. The summed E-state index contributed by atoms with van der Waals surface area (Å²) in [6.07, 6.45) is 0.672. The molecule has 1 fully saturated rings. The van der Waals surface area contributed by atoms with E-state index in [0.29, 0.717) is 19.5 Å². The lowest BCUT2D eigenvalue weighted by Crippen LogP contribution is -2.27. The molecule has 0 bridgehead atoms. The Bertz CT molecular complexity index is 472. The minimum atomic E-state index is -2.86. The predicted octanol–water partition coefficient (Wildman–Crippen LogP) is -0.556. The maximum atomic E-state index is 11.5. The van der Waals surface area contributed by atoms with Gasteiger partial charge in [-0.3, -0.25) is 4.90 Å². The van der Waals surface area contributed by atoms with Crippen LogP contribution < -0.4 is 11.3 Å². The molecule has 0 aliphatic carbocycles. The van der Waals surface area contributed by atoms with E-state index in [-0.39, 0.29) is 11.5 Å². The summed E-state index contributed by atoms with van der Waals surface area (Å²) in [5.74, 6) is 5.84. The number of aromatic nitrogens is 2. The molecular formula is C8H15N5O2S2. The van der Waals surface area contributed by atoms with Gasteiger partial charge < -0.3 is 5.43 Å². The van der Waals surface area contributed by atoms with Crippen LogP contribution in [0.5, 0.6) is 0 Å². The van der Waals surface area contributed by atoms with E-state index in [1.54, 1.807) is 0 Å². The van der Waals surface area contributed by atoms with Crippen molar-refractivity contribution in [2.24, 2.45) is 5.84 Å². The third-order valence-corrected chi connectivity index (χ3v) is 5.12. The van der Waals surface area contributed by atoms with Crippen molar-refractivity contribution in [2.75, 3.05) is 30.0 Å². The average molecular weight is 277 g/mol. The molecule has 1 aliphatic heterocycles. The van der Waals surface area contributed by atoms with Crippen LogP contribution in [-0.2, 0) is 16.4 Å². The Kier molecular flexibility index (Phi) is 3.92. The lowest BCUT2D eigenvalue weighted by molar-refractivity contribution is 0.284. The van der Waals surface area contributed by atoms with Crippen LogP contribution >= 0.6 is 11.5 Å². The zero-order valence-electron chi connectivity index (χ0n) is 9.29. The minimum Gasteiger partial charge on any atom is -0.313 e. The third-order valence-electron chi connectivity index (χ3n) is 2.71. The molecule has 0 atom stereocenters. The summed E-state index contributed by atoms with van der Waals surface area (Å²) in [6, 6.07) is 0. The Labute approximate surface area is 104 Å². The zero-order chi connectivity index (χ0) is 12.3. The molecule has 1 aromatic heterocycles. The number of hydrazine groups is 1. The van der Waals surface area contributed by atoms with Crippen molar-refractivity contribution in [3.05, 3.63) is 5.69 Å². The van der Waals surface area contributed by atoms with Crippen molar-refractivity contribution in [3.8, 4) is 0 Å². The number of hydrogen-bond acceptors (Lipinski definition) is 8. The molecule has 9 heteroatoms. The van der Waals surface area contributed by atoms with Gasteiger partial charge in [-0.05, 0) is 13.0 Å². The summed E-state index contributed by atoms with van der Waals surface area (Å²) >= 11 is 1.20. The number of anilines is 1. The molecule has 1 saturated heterocycles. The highest BCUT2D eigenvalue weighted by atomic mass is 32.2. The number of nitrogens with one attached hydrogen (secondary N) is 1. The lowest BCUT2D eigenvalue weighted by atomic mass is 10.3. The Morgan fingerprint density at radius 2 is 2.24 bits per heavy atom. The van der Waals surface area contributed by atoms with Crippen molar-refractivity contribution in [1.82, 2.24) is 14.5 Å². The van der Waals surface area contributed by atoms with E-state index in [9.17, 15) is 8.42 Å². The van der Waals surface area contributed by atoms with E-state index in [1.165, 1.54) is 11.5 Å².